The largest absolute Gasteiger partial charge is 0.478 e. The van der Waals surface area contributed by atoms with Crippen molar-refractivity contribution in [3.8, 4) is 0 Å². The topological polar surface area (TPSA) is 91.3 Å². The second-order valence-electron chi connectivity index (χ2n) is 3.58. The Kier molecular flexibility index (Phi) is 3.04. The van der Waals surface area contributed by atoms with Crippen LogP contribution in [0.25, 0.3) is 6.08 Å². The second-order valence-corrected chi connectivity index (χ2v) is 3.58. The summed E-state index contributed by atoms with van der Waals surface area (Å²) in [4.78, 5) is 25.7. The van der Waals surface area contributed by atoms with Crippen LogP contribution in [0.5, 0.6) is 0 Å². The molecule has 0 aromatic carbocycles. The van der Waals surface area contributed by atoms with Gasteiger partial charge in [-0.3, -0.25) is 4.79 Å². The first-order chi connectivity index (χ1) is 8.15. The molecule has 1 aliphatic rings. The highest BCUT2D eigenvalue weighted by molar-refractivity contribution is 5.85. The Bertz CT molecular complexity index is 497. The fraction of sp³-hybridized carbons (Fsp3) is 0.182. The molecule has 1 aromatic rings. The van der Waals surface area contributed by atoms with Gasteiger partial charge in [-0.1, -0.05) is 0 Å². The summed E-state index contributed by atoms with van der Waals surface area (Å²) in [6, 6.07) is 1.79. The van der Waals surface area contributed by atoms with Gasteiger partial charge in [0, 0.05) is 24.4 Å². The Morgan fingerprint density at radius 3 is 3.00 bits per heavy atom. The summed E-state index contributed by atoms with van der Waals surface area (Å²) < 4.78 is 0. The Hall–Kier alpha value is -2.37. The third kappa shape index (κ3) is 2.81. The first-order valence-corrected chi connectivity index (χ1v) is 5.05. The monoisotopic (exact) mass is 233 g/mol. The van der Waals surface area contributed by atoms with Crippen molar-refractivity contribution >= 4 is 23.8 Å². The molecule has 3 N–H and O–H groups in total. The zero-order valence-electron chi connectivity index (χ0n) is 8.93. The highest BCUT2D eigenvalue weighted by Gasteiger charge is 2.12. The molecule has 0 bridgehead atoms. The number of hydrogen-bond acceptors (Lipinski definition) is 4. The third-order valence-corrected chi connectivity index (χ3v) is 2.30. The lowest BCUT2D eigenvalue weighted by Crippen LogP contribution is -2.25. The van der Waals surface area contributed by atoms with E-state index in [0.29, 0.717) is 17.9 Å². The number of carboxylic acids is 1. The number of aliphatic carboxylic acids is 1. The van der Waals surface area contributed by atoms with Gasteiger partial charge in [-0.05, 0) is 17.7 Å². The van der Waals surface area contributed by atoms with Crippen LogP contribution in [0.15, 0.2) is 18.3 Å². The van der Waals surface area contributed by atoms with Gasteiger partial charge >= 0.3 is 5.97 Å². The number of hydrogen-bond donors (Lipinski definition) is 3. The molecule has 6 heteroatoms. The van der Waals surface area contributed by atoms with Gasteiger partial charge in [-0.15, -0.1) is 0 Å². The molecule has 0 aliphatic carbocycles. The van der Waals surface area contributed by atoms with Crippen LogP contribution in [0.4, 0.5) is 5.82 Å². The van der Waals surface area contributed by atoms with Gasteiger partial charge in [0.05, 0.1) is 6.54 Å². The summed E-state index contributed by atoms with van der Waals surface area (Å²) >= 11 is 0. The van der Waals surface area contributed by atoms with E-state index in [1.165, 1.54) is 6.08 Å². The van der Waals surface area contributed by atoms with Crippen molar-refractivity contribution in [3.63, 3.8) is 0 Å². The maximum absolute atomic E-state index is 11.2. The van der Waals surface area contributed by atoms with Gasteiger partial charge in [0.25, 0.3) is 0 Å². The van der Waals surface area contributed by atoms with Crippen LogP contribution in [0.3, 0.4) is 0 Å². The Labute approximate surface area is 97.4 Å². The van der Waals surface area contributed by atoms with Gasteiger partial charge in [0.2, 0.25) is 5.91 Å². The molecule has 0 atom stereocenters. The van der Waals surface area contributed by atoms with Gasteiger partial charge < -0.3 is 15.7 Å². The Balaban J connectivity index is 2.25. The van der Waals surface area contributed by atoms with Crippen molar-refractivity contribution in [3.05, 3.63) is 29.5 Å². The molecular weight excluding hydrogens is 222 g/mol. The number of amides is 1. The molecule has 2 heterocycles. The molecule has 1 aromatic heterocycles. The van der Waals surface area contributed by atoms with Crippen molar-refractivity contribution < 1.29 is 14.7 Å². The number of pyridine rings is 1. The molecule has 0 radical (unpaired) electrons. The number of carbonyl (C=O) groups excluding carboxylic acids is 1. The molecule has 88 valence electrons. The fourth-order valence-corrected chi connectivity index (χ4v) is 1.50. The molecular formula is C11H11N3O3. The highest BCUT2D eigenvalue weighted by atomic mass is 16.4. The van der Waals surface area contributed by atoms with Crippen LogP contribution < -0.4 is 10.6 Å². The lowest BCUT2D eigenvalue weighted by Gasteiger charge is -2.05. The fourth-order valence-electron chi connectivity index (χ4n) is 1.50. The van der Waals surface area contributed by atoms with E-state index in [2.05, 4.69) is 15.6 Å². The minimum atomic E-state index is -1.01. The minimum absolute atomic E-state index is 0.0920. The summed E-state index contributed by atoms with van der Waals surface area (Å²) in [5.41, 5.74) is 1.52. The molecule has 0 saturated carbocycles. The molecule has 0 fully saturated rings. The molecule has 1 amide bonds. The van der Waals surface area contributed by atoms with Gasteiger partial charge in [-0.25, -0.2) is 9.78 Å². The van der Waals surface area contributed by atoms with Gasteiger partial charge in [0.1, 0.15) is 5.82 Å². The van der Waals surface area contributed by atoms with E-state index in [1.54, 1.807) is 12.3 Å². The maximum atomic E-state index is 11.2. The van der Waals surface area contributed by atoms with Crippen molar-refractivity contribution in [1.82, 2.24) is 10.3 Å². The summed E-state index contributed by atoms with van der Waals surface area (Å²) in [7, 11) is 0. The third-order valence-electron chi connectivity index (χ3n) is 2.30. The molecule has 0 unspecified atom stereocenters. The van der Waals surface area contributed by atoms with Crippen LogP contribution in [-0.2, 0) is 16.1 Å². The van der Waals surface area contributed by atoms with E-state index >= 15 is 0 Å². The van der Waals surface area contributed by atoms with Crippen molar-refractivity contribution in [2.75, 3.05) is 11.9 Å². The number of nitrogens with zero attached hydrogens (tertiary/aromatic N) is 1. The summed E-state index contributed by atoms with van der Waals surface area (Å²) in [5.74, 6) is -0.451. The quantitative estimate of drug-likeness (QED) is 0.636. The van der Waals surface area contributed by atoms with Crippen LogP contribution in [0, 0.1) is 0 Å². The average Bonchev–Trinajstić information content (AvgIpc) is 2.49. The highest BCUT2D eigenvalue weighted by Crippen LogP contribution is 2.16. The number of carboxylic acid groups (broad SMARTS) is 1. The van der Waals surface area contributed by atoms with E-state index < -0.39 is 5.97 Å². The SMILES string of the molecule is O=C(O)/C=C/c1cnc2c(c1)CNC(=O)CN2. The molecule has 17 heavy (non-hydrogen) atoms. The average molecular weight is 233 g/mol. The number of rotatable bonds is 2. The van der Waals surface area contributed by atoms with E-state index in [1.807, 2.05) is 0 Å². The van der Waals surface area contributed by atoms with E-state index in [-0.39, 0.29) is 12.5 Å². The number of fused-ring (bicyclic) bond motifs is 1. The standard InChI is InChI=1S/C11H11N3O3/c15-9-6-14-11-8(5-12-9)3-7(4-13-11)1-2-10(16)17/h1-4H,5-6H2,(H,12,15)(H,13,14)(H,16,17)/b2-1+. The predicted octanol–water partition coefficient (Wildman–Crippen LogP) is 0.221. The van der Waals surface area contributed by atoms with Crippen molar-refractivity contribution in [2.45, 2.75) is 6.54 Å². The predicted molar refractivity (Wildman–Crippen MR) is 61.2 cm³/mol. The molecule has 0 saturated heterocycles. The van der Waals surface area contributed by atoms with E-state index in [0.717, 1.165) is 11.6 Å². The molecule has 2 rings (SSSR count). The van der Waals surface area contributed by atoms with Crippen molar-refractivity contribution in [1.29, 1.82) is 0 Å². The van der Waals surface area contributed by atoms with E-state index in [9.17, 15) is 9.59 Å². The van der Waals surface area contributed by atoms with Crippen LogP contribution in [0.2, 0.25) is 0 Å². The summed E-state index contributed by atoms with van der Waals surface area (Å²) in [6.45, 7) is 0.591. The minimum Gasteiger partial charge on any atom is -0.478 e. The van der Waals surface area contributed by atoms with Crippen LogP contribution in [0.1, 0.15) is 11.1 Å². The first kappa shape index (κ1) is 11.1. The molecule has 0 spiro atoms. The zero-order chi connectivity index (χ0) is 12.3. The Morgan fingerprint density at radius 1 is 1.41 bits per heavy atom. The van der Waals surface area contributed by atoms with Gasteiger partial charge in [-0.2, -0.15) is 0 Å². The smallest absolute Gasteiger partial charge is 0.328 e. The lowest BCUT2D eigenvalue weighted by atomic mass is 10.1. The van der Waals surface area contributed by atoms with Crippen molar-refractivity contribution in [2.24, 2.45) is 0 Å². The zero-order valence-corrected chi connectivity index (χ0v) is 8.93. The maximum Gasteiger partial charge on any atom is 0.328 e. The Morgan fingerprint density at radius 2 is 2.24 bits per heavy atom. The number of aromatic nitrogens is 1. The molecule has 6 nitrogen and oxygen atoms in total. The van der Waals surface area contributed by atoms with Crippen LogP contribution in [-0.4, -0.2) is 28.5 Å². The number of anilines is 1. The number of carbonyl (C=O) groups is 2. The summed E-state index contributed by atoms with van der Waals surface area (Å²) in [6.07, 6.45) is 4.06. The second kappa shape index (κ2) is 4.65. The van der Waals surface area contributed by atoms with Gasteiger partial charge in [0.15, 0.2) is 0 Å². The molecule has 1 aliphatic heterocycles. The first-order valence-electron chi connectivity index (χ1n) is 5.05. The normalized spacial score (nSPS) is 14.7. The lowest BCUT2D eigenvalue weighted by molar-refractivity contribution is -0.131. The van der Waals surface area contributed by atoms with E-state index in [4.69, 9.17) is 5.11 Å². The number of nitrogens with one attached hydrogen (secondary N) is 2. The van der Waals surface area contributed by atoms with Crippen LogP contribution >= 0.6 is 0 Å². The summed E-state index contributed by atoms with van der Waals surface area (Å²) in [5, 5.41) is 14.1.